The van der Waals surface area contributed by atoms with E-state index in [1.807, 2.05) is 0 Å². The van der Waals surface area contributed by atoms with Crippen molar-refractivity contribution in [1.29, 1.82) is 0 Å². The third-order valence-electron chi connectivity index (χ3n) is 7.67. The van der Waals surface area contributed by atoms with E-state index in [9.17, 15) is 0 Å². The van der Waals surface area contributed by atoms with Crippen LogP contribution >= 0.6 is 11.6 Å². The van der Waals surface area contributed by atoms with Crippen LogP contribution in [0.5, 0.6) is 0 Å². The molecule has 0 aromatic carbocycles. The normalized spacial score (nSPS) is 24.1. The molecule has 3 aliphatic rings. The Kier molecular flexibility index (Phi) is 10.5. The van der Waals surface area contributed by atoms with Gasteiger partial charge in [0, 0.05) is 56.4 Å². The van der Waals surface area contributed by atoms with Crippen LogP contribution in [0.1, 0.15) is 63.6 Å². The third kappa shape index (κ3) is 8.59. The second-order valence-electron chi connectivity index (χ2n) is 10.8. The molecule has 1 aromatic rings. The number of alkyl halides is 1. The van der Waals surface area contributed by atoms with Crippen molar-refractivity contribution in [3.63, 3.8) is 0 Å². The maximum absolute atomic E-state index is 6.25. The first-order chi connectivity index (χ1) is 17.1. The summed E-state index contributed by atoms with van der Waals surface area (Å²) in [7, 11) is 0. The summed E-state index contributed by atoms with van der Waals surface area (Å²) in [6.07, 6.45) is 20.9. The predicted octanol–water partition coefficient (Wildman–Crippen LogP) is 5.43. The average molecular weight is 500 g/mol. The smallest absolute Gasteiger partial charge is 0.0921 e. The van der Waals surface area contributed by atoms with Crippen molar-refractivity contribution >= 4 is 17.2 Å². The van der Waals surface area contributed by atoms with Gasteiger partial charge >= 0.3 is 0 Å². The Hall–Kier alpha value is -1.40. The van der Waals surface area contributed by atoms with Crippen LogP contribution in [0.15, 0.2) is 36.6 Å². The second-order valence-corrected chi connectivity index (χ2v) is 11.5. The van der Waals surface area contributed by atoms with Gasteiger partial charge in [-0.1, -0.05) is 30.4 Å². The number of rotatable bonds is 10. The first-order valence-corrected chi connectivity index (χ1v) is 14.4. The maximum atomic E-state index is 6.25. The molecule has 0 spiro atoms. The van der Waals surface area contributed by atoms with Crippen LogP contribution in [0.25, 0.3) is 5.57 Å². The summed E-state index contributed by atoms with van der Waals surface area (Å²) >= 11 is 6.25. The van der Waals surface area contributed by atoms with Gasteiger partial charge in [-0.25, -0.2) is 0 Å². The minimum atomic E-state index is 0.149. The molecule has 5 nitrogen and oxygen atoms in total. The van der Waals surface area contributed by atoms with E-state index in [-0.39, 0.29) is 5.38 Å². The zero-order valence-electron chi connectivity index (χ0n) is 22.0. The molecule has 6 heteroatoms. The second kappa shape index (κ2) is 13.8. The van der Waals surface area contributed by atoms with E-state index in [1.165, 1.54) is 76.2 Å². The molecule has 0 saturated carbocycles. The molecule has 2 unspecified atom stereocenters. The maximum Gasteiger partial charge on any atom is 0.0921 e. The van der Waals surface area contributed by atoms with Crippen LogP contribution in [0.2, 0.25) is 0 Å². The molecule has 4 rings (SSSR count). The molecule has 1 aliphatic carbocycles. The number of halogens is 1. The molecular formula is C29H46ClN5. The van der Waals surface area contributed by atoms with Crippen LogP contribution in [0, 0.1) is 5.92 Å². The van der Waals surface area contributed by atoms with E-state index < -0.39 is 0 Å². The highest BCUT2D eigenvalue weighted by Gasteiger charge is 2.20. The van der Waals surface area contributed by atoms with Gasteiger partial charge in [-0.3, -0.25) is 9.58 Å². The van der Waals surface area contributed by atoms with Crippen molar-refractivity contribution in [2.24, 2.45) is 5.92 Å². The van der Waals surface area contributed by atoms with E-state index in [0.29, 0.717) is 5.92 Å². The van der Waals surface area contributed by atoms with Crippen LogP contribution in [-0.4, -0.2) is 82.2 Å². The molecule has 2 aliphatic heterocycles. The zero-order chi connectivity index (χ0) is 24.5. The highest BCUT2D eigenvalue weighted by Crippen LogP contribution is 2.23. The first-order valence-electron chi connectivity index (χ1n) is 13.9. The number of aromatic nitrogens is 2. The van der Waals surface area contributed by atoms with E-state index in [2.05, 4.69) is 69.8 Å². The SMILES string of the molecule is C/C(=C\CC(C)Cl)c1nn(CC2C=CCC=CC2)cc1CN1CCCN(CCN2CCCC2)CC1. The average Bonchev–Trinajstić information content (AvgIpc) is 3.34. The molecule has 0 bridgehead atoms. The van der Waals surface area contributed by atoms with Gasteiger partial charge in [-0.05, 0) is 90.0 Å². The molecule has 194 valence electrons. The summed E-state index contributed by atoms with van der Waals surface area (Å²) in [5.41, 5.74) is 3.77. The fraction of sp³-hybridized carbons (Fsp3) is 0.690. The molecule has 0 amide bonds. The minimum absolute atomic E-state index is 0.149. The lowest BCUT2D eigenvalue weighted by Gasteiger charge is -2.24. The van der Waals surface area contributed by atoms with Crippen molar-refractivity contribution in [3.05, 3.63) is 47.8 Å². The van der Waals surface area contributed by atoms with Crippen LogP contribution in [0.4, 0.5) is 0 Å². The topological polar surface area (TPSA) is 27.5 Å². The van der Waals surface area contributed by atoms with E-state index in [1.54, 1.807) is 0 Å². The predicted molar refractivity (Wildman–Crippen MR) is 149 cm³/mol. The van der Waals surface area contributed by atoms with Crippen molar-refractivity contribution in [3.8, 4) is 0 Å². The minimum Gasteiger partial charge on any atom is -0.302 e. The lowest BCUT2D eigenvalue weighted by atomic mass is 10.1. The van der Waals surface area contributed by atoms with Crippen LogP contribution in [0.3, 0.4) is 0 Å². The molecule has 0 N–H and O–H groups in total. The monoisotopic (exact) mass is 499 g/mol. The van der Waals surface area contributed by atoms with E-state index in [0.717, 1.165) is 44.6 Å². The van der Waals surface area contributed by atoms with Crippen LogP contribution < -0.4 is 0 Å². The molecule has 1 aromatic heterocycles. The largest absolute Gasteiger partial charge is 0.302 e. The van der Waals surface area contributed by atoms with Gasteiger partial charge in [0.25, 0.3) is 0 Å². The van der Waals surface area contributed by atoms with Crippen molar-refractivity contribution in [2.45, 2.75) is 70.8 Å². The zero-order valence-corrected chi connectivity index (χ0v) is 22.8. The molecule has 3 heterocycles. The fourth-order valence-corrected chi connectivity index (χ4v) is 5.64. The van der Waals surface area contributed by atoms with Crippen molar-refractivity contribution in [1.82, 2.24) is 24.5 Å². The van der Waals surface area contributed by atoms with Gasteiger partial charge in [0.2, 0.25) is 0 Å². The van der Waals surface area contributed by atoms with Gasteiger partial charge in [0.05, 0.1) is 5.69 Å². The van der Waals surface area contributed by atoms with E-state index >= 15 is 0 Å². The standard InChI is InChI=1S/C29H46ClN5/c1-25(12-13-26(2)30)29-28(24-35(31-29)22-27-10-5-3-4-6-11-27)23-34-17-9-16-33(20-21-34)19-18-32-14-7-8-15-32/h3,5-6,11-12,24,26-27H,4,7-10,13-23H2,1-2H3/b25-12+. The van der Waals surface area contributed by atoms with Crippen molar-refractivity contribution < 1.29 is 0 Å². The molecular weight excluding hydrogens is 454 g/mol. The molecule has 2 saturated heterocycles. The highest BCUT2D eigenvalue weighted by molar-refractivity contribution is 6.20. The summed E-state index contributed by atoms with van der Waals surface area (Å²) < 4.78 is 2.19. The summed E-state index contributed by atoms with van der Waals surface area (Å²) in [6, 6.07) is 0. The van der Waals surface area contributed by atoms with Gasteiger partial charge in [-0.15, -0.1) is 11.6 Å². The molecule has 2 atom stereocenters. The molecule has 0 radical (unpaired) electrons. The Morgan fingerprint density at radius 2 is 1.71 bits per heavy atom. The molecule has 2 fully saturated rings. The summed E-state index contributed by atoms with van der Waals surface area (Å²) in [4.78, 5) is 7.97. The third-order valence-corrected chi connectivity index (χ3v) is 7.85. The number of hydrogen-bond acceptors (Lipinski definition) is 4. The number of likely N-dealkylation sites (tertiary alicyclic amines) is 1. The lowest BCUT2D eigenvalue weighted by Crippen LogP contribution is -2.36. The van der Waals surface area contributed by atoms with Gasteiger partial charge < -0.3 is 9.80 Å². The Morgan fingerprint density at radius 3 is 2.51 bits per heavy atom. The van der Waals surface area contributed by atoms with Gasteiger partial charge in [-0.2, -0.15) is 5.10 Å². The Bertz CT molecular complexity index is 864. The fourth-order valence-electron chi connectivity index (χ4n) is 5.55. The first kappa shape index (κ1) is 26.7. The highest BCUT2D eigenvalue weighted by atomic mass is 35.5. The lowest BCUT2D eigenvalue weighted by molar-refractivity contribution is 0.221. The summed E-state index contributed by atoms with van der Waals surface area (Å²) in [6.45, 7) is 16.0. The van der Waals surface area contributed by atoms with Crippen molar-refractivity contribution in [2.75, 3.05) is 52.4 Å². The number of allylic oxidation sites excluding steroid dienone is 6. The van der Waals surface area contributed by atoms with Gasteiger partial charge in [0.1, 0.15) is 0 Å². The Morgan fingerprint density at radius 1 is 1.00 bits per heavy atom. The summed E-state index contributed by atoms with van der Waals surface area (Å²) in [5, 5.41) is 5.24. The van der Waals surface area contributed by atoms with E-state index in [4.69, 9.17) is 16.7 Å². The molecule has 35 heavy (non-hydrogen) atoms. The van der Waals surface area contributed by atoms with Gasteiger partial charge in [0.15, 0.2) is 0 Å². The Labute approximate surface area is 218 Å². The summed E-state index contributed by atoms with van der Waals surface area (Å²) in [5.74, 6) is 0.517. The quantitative estimate of drug-likeness (QED) is 0.317. The Balaban J connectivity index is 1.40. The van der Waals surface area contributed by atoms with Crippen LogP contribution in [-0.2, 0) is 13.1 Å². The number of hydrogen-bond donors (Lipinski definition) is 0. The number of nitrogens with zero attached hydrogens (tertiary/aromatic N) is 5.